The van der Waals surface area contributed by atoms with Crippen LogP contribution >= 0.6 is 0 Å². The number of benzene rings is 1. The van der Waals surface area contributed by atoms with Crippen LogP contribution in [0.15, 0.2) is 12.1 Å². The molecule has 1 aromatic carbocycles. The molecule has 12 heavy (non-hydrogen) atoms. The fourth-order valence-electron chi connectivity index (χ4n) is 0.921. The highest BCUT2D eigenvalue weighted by molar-refractivity contribution is 5.24. The first-order chi connectivity index (χ1) is 5.54. The average Bonchev–Trinajstić information content (AvgIpc) is 2.00. The Morgan fingerprint density at radius 2 is 1.75 bits per heavy atom. The molecule has 0 aliphatic rings. The number of hydrogen-bond acceptors (Lipinski definition) is 0. The molecule has 0 heterocycles. The van der Waals surface area contributed by atoms with Crippen molar-refractivity contribution in [2.45, 2.75) is 12.8 Å². The van der Waals surface area contributed by atoms with E-state index in [4.69, 9.17) is 0 Å². The minimum Gasteiger partial charge on any atom is -0.204 e. The highest BCUT2D eigenvalue weighted by Crippen LogP contribution is 2.21. The van der Waals surface area contributed by atoms with Crippen LogP contribution in [0.4, 0.5) is 13.2 Å². The van der Waals surface area contributed by atoms with Crippen LogP contribution in [0.2, 0.25) is 0 Å². The predicted molar refractivity (Wildman–Crippen MR) is 40.1 cm³/mol. The van der Waals surface area contributed by atoms with Crippen molar-refractivity contribution in [3.8, 4) is 0 Å². The molecule has 0 aromatic heterocycles. The van der Waals surface area contributed by atoms with Crippen LogP contribution in [0, 0.1) is 24.4 Å². The molecule has 1 unspecified atom stereocenters. The molecule has 1 atom stereocenters. The summed E-state index contributed by atoms with van der Waals surface area (Å²) < 4.78 is 37.8. The Balaban J connectivity index is 3.27. The molecule has 0 N–H and O–H groups in total. The minimum atomic E-state index is -1.43. The van der Waals surface area contributed by atoms with E-state index in [1.165, 1.54) is 6.07 Å². The maximum atomic E-state index is 12.9. The molecule has 0 saturated carbocycles. The molecular weight excluding hydrogens is 165 g/mol. The van der Waals surface area contributed by atoms with E-state index in [-0.39, 0.29) is 11.5 Å². The van der Waals surface area contributed by atoms with Crippen molar-refractivity contribution in [2.75, 3.05) is 0 Å². The Morgan fingerprint density at radius 3 is 2.25 bits per heavy atom. The molecule has 0 fully saturated rings. The van der Waals surface area contributed by atoms with Gasteiger partial charge in [0.1, 0.15) is 0 Å². The topological polar surface area (TPSA) is 0 Å². The number of halogens is 3. The average molecular weight is 173 g/mol. The zero-order chi connectivity index (χ0) is 9.30. The molecule has 0 spiro atoms. The molecule has 1 rings (SSSR count). The van der Waals surface area contributed by atoms with Crippen LogP contribution < -0.4 is 0 Å². The van der Waals surface area contributed by atoms with Crippen molar-refractivity contribution >= 4 is 0 Å². The van der Waals surface area contributed by atoms with E-state index in [2.05, 4.69) is 6.92 Å². The number of hydrogen-bond donors (Lipinski definition) is 0. The largest absolute Gasteiger partial charge is 0.204 e. The van der Waals surface area contributed by atoms with Crippen LogP contribution in [0.5, 0.6) is 0 Å². The van der Waals surface area contributed by atoms with E-state index in [1.807, 2.05) is 0 Å². The van der Waals surface area contributed by atoms with Crippen molar-refractivity contribution in [3.05, 3.63) is 42.1 Å². The van der Waals surface area contributed by atoms with Crippen molar-refractivity contribution in [1.29, 1.82) is 0 Å². The summed E-state index contributed by atoms with van der Waals surface area (Å²) >= 11 is 0. The lowest BCUT2D eigenvalue weighted by atomic mass is 10.0. The standard InChI is InChI=1S/C9H8F3/c1-5(2)6-3-4-7(10)9(12)8(6)11/h3-5H,1H2,2H3. The lowest BCUT2D eigenvalue weighted by Crippen LogP contribution is -1.99. The number of rotatable bonds is 1. The monoisotopic (exact) mass is 173 g/mol. The van der Waals surface area contributed by atoms with E-state index >= 15 is 0 Å². The lowest BCUT2D eigenvalue weighted by molar-refractivity contribution is 0.439. The fraction of sp³-hybridized carbons (Fsp3) is 0.222. The first kappa shape index (κ1) is 9.10. The second-order valence-electron chi connectivity index (χ2n) is 2.67. The molecule has 1 aromatic rings. The van der Waals surface area contributed by atoms with Gasteiger partial charge in [-0.2, -0.15) is 0 Å². The van der Waals surface area contributed by atoms with Gasteiger partial charge in [-0.1, -0.05) is 13.0 Å². The summed E-state index contributed by atoms with van der Waals surface area (Å²) in [4.78, 5) is 0. The van der Waals surface area contributed by atoms with Gasteiger partial charge in [-0.25, -0.2) is 13.2 Å². The van der Waals surface area contributed by atoms with Crippen molar-refractivity contribution in [3.63, 3.8) is 0 Å². The molecule has 65 valence electrons. The summed E-state index contributed by atoms with van der Waals surface area (Å²) in [6.45, 7) is 5.12. The van der Waals surface area contributed by atoms with E-state index < -0.39 is 17.5 Å². The molecule has 0 nitrogen and oxygen atoms in total. The zero-order valence-electron chi connectivity index (χ0n) is 6.57. The third-order valence-corrected chi connectivity index (χ3v) is 1.60. The summed E-state index contributed by atoms with van der Waals surface area (Å²) in [5.74, 6) is -4.13. The summed E-state index contributed by atoms with van der Waals surface area (Å²) in [6.07, 6.45) is 0. The second kappa shape index (κ2) is 3.17. The van der Waals surface area contributed by atoms with Crippen LogP contribution in [0.3, 0.4) is 0 Å². The summed E-state index contributed by atoms with van der Waals surface area (Å²) in [5.41, 5.74) is 0.0916. The quantitative estimate of drug-likeness (QED) is 0.572. The maximum Gasteiger partial charge on any atom is 0.194 e. The van der Waals surface area contributed by atoms with Gasteiger partial charge in [0.15, 0.2) is 17.5 Å². The normalized spacial score (nSPS) is 10.8. The van der Waals surface area contributed by atoms with E-state index in [0.717, 1.165) is 6.07 Å². The summed E-state index contributed by atoms with van der Waals surface area (Å²) in [7, 11) is 0. The summed E-state index contributed by atoms with van der Waals surface area (Å²) in [5, 5.41) is 0. The van der Waals surface area contributed by atoms with Crippen LogP contribution in [0.1, 0.15) is 18.4 Å². The molecule has 0 aliphatic heterocycles. The molecule has 3 heteroatoms. The Kier molecular flexibility index (Phi) is 2.40. The maximum absolute atomic E-state index is 12.9. The third kappa shape index (κ3) is 1.44. The molecule has 0 aliphatic carbocycles. The van der Waals surface area contributed by atoms with Crippen molar-refractivity contribution < 1.29 is 13.2 Å². The van der Waals surface area contributed by atoms with Gasteiger partial charge in [0, 0.05) is 0 Å². The first-order valence-electron chi connectivity index (χ1n) is 3.50. The molecule has 0 saturated heterocycles. The Bertz CT molecular complexity index is 292. The van der Waals surface area contributed by atoms with Crippen molar-refractivity contribution in [2.24, 2.45) is 0 Å². The first-order valence-corrected chi connectivity index (χ1v) is 3.50. The van der Waals surface area contributed by atoms with Crippen molar-refractivity contribution in [1.82, 2.24) is 0 Å². The van der Waals surface area contributed by atoms with Gasteiger partial charge in [0.05, 0.1) is 0 Å². The molecule has 1 radical (unpaired) electrons. The minimum absolute atomic E-state index is 0.0916. The van der Waals surface area contributed by atoms with Gasteiger partial charge in [0.25, 0.3) is 0 Å². The predicted octanol–water partition coefficient (Wildman–Crippen LogP) is 3.04. The van der Waals surface area contributed by atoms with Crippen LogP contribution in [-0.4, -0.2) is 0 Å². The SMILES string of the molecule is [CH2]C(C)c1ccc(F)c(F)c1F. The summed E-state index contributed by atoms with van der Waals surface area (Å²) in [6, 6.07) is 2.10. The molecular formula is C9H8F3. The van der Waals surface area contributed by atoms with Gasteiger partial charge >= 0.3 is 0 Å². The van der Waals surface area contributed by atoms with Crippen LogP contribution in [0.25, 0.3) is 0 Å². The highest BCUT2D eigenvalue weighted by atomic mass is 19.2. The highest BCUT2D eigenvalue weighted by Gasteiger charge is 2.14. The van der Waals surface area contributed by atoms with Crippen LogP contribution in [-0.2, 0) is 0 Å². The van der Waals surface area contributed by atoms with E-state index in [0.29, 0.717) is 0 Å². The fourth-order valence-corrected chi connectivity index (χ4v) is 0.921. The van der Waals surface area contributed by atoms with E-state index in [1.54, 1.807) is 6.92 Å². The second-order valence-corrected chi connectivity index (χ2v) is 2.67. The zero-order valence-corrected chi connectivity index (χ0v) is 6.57. The Hall–Kier alpha value is -0.990. The molecule has 0 amide bonds. The third-order valence-electron chi connectivity index (χ3n) is 1.60. The van der Waals surface area contributed by atoms with Gasteiger partial charge in [-0.3, -0.25) is 0 Å². The van der Waals surface area contributed by atoms with Gasteiger partial charge < -0.3 is 0 Å². The molecule has 0 bridgehead atoms. The van der Waals surface area contributed by atoms with Gasteiger partial charge in [-0.15, -0.1) is 0 Å². The van der Waals surface area contributed by atoms with Gasteiger partial charge in [0.2, 0.25) is 0 Å². The smallest absolute Gasteiger partial charge is 0.194 e. The van der Waals surface area contributed by atoms with E-state index in [9.17, 15) is 13.2 Å². The lowest BCUT2D eigenvalue weighted by Gasteiger charge is -2.06. The van der Waals surface area contributed by atoms with Gasteiger partial charge in [-0.05, 0) is 24.5 Å². The Morgan fingerprint density at radius 1 is 1.17 bits per heavy atom. The Labute approximate surface area is 69.0 Å².